The van der Waals surface area contributed by atoms with Gasteiger partial charge in [0.1, 0.15) is 5.75 Å². The second-order valence-corrected chi connectivity index (χ2v) is 5.45. The normalized spacial score (nSPS) is 14.6. The van der Waals surface area contributed by atoms with Crippen molar-refractivity contribution in [2.45, 2.75) is 12.2 Å². The molecular weight excluding hydrogens is 299 g/mol. The largest absolute Gasteiger partial charge is 0.497 e. The molecular formula is C15H14BClF3O-. The third-order valence-corrected chi connectivity index (χ3v) is 4.04. The molecule has 0 saturated heterocycles. The van der Waals surface area contributed by atoms with Gasteiger partial charge in [-0.25, -0.2) is 0 Å². The Hall–Kier alpha value is -1.62. The minimum Gasteiger partial charge on any atom is -0.497 e. The van der Waals surface area contributed by atoms with Crippen LogP contribution in [0.2, 0.25) is 5.02 Å². The maximum atomic E-state index is 13.8. The van der Waals surface area contributed by atoms with Gasteiger partial charge in [0.05, 0.1) is 7.11 Å². The van der Waals surface area contributed by atoms with E-state index in [0.717, 1.165) is 0 Å². The van der Waals surface area contributed by atoms with Crippen LogP contribution >= 0.6 is 11.6 Å². The quantitative estimate of drug-likeness (QED) is 0.718. The smallest absolute Gasteiger partial charge is 0.492 e. The first-order valence-electron chi connectivity index (χ1n) is 6.39. The average molecular weight is 314 g/mol. The van der Waals surface area contributed by atoms with Gasteiger partial charge in [-0.2, -0.15) is 0 Å². The second-order valence-electron chi connectivity index (χ2n) is 5.01. The molecule has 0 aliphatic heterocycles. The van der Waals surface area contributed by atoms with Crippen LogP contribution in [0.15, 0.2) is 48.5 Å². The molecule has 2 rings (SSSR count). The SMILES string of the molecule is COc1ccc([C@@](C)(c2ccc(Cl)cc2)[B-](F)(F)F)cc1. The predicted molar refractivity (Wildman–Crippen MR) is 80.0 cm³/mol. The third kappa shape index (κ3) is 2.88. The lowest BCUT2D eigenvalue weighted by Gasteiger charge is -2.40. The van der Waals surface area contributed by atoms with E-state index >= 15 is 0 Å². The summed E-state index contributed by atoms with van der Waals surface area (Å²) < 4.78 is 46.3. The molecule has 0 spiro atoms. The van der Waals surface area contributed by atoms with Crippen molar-refractivity contribution in [1.82, 2.24) is 0 Å². The number of halogens is 4. The summed E-state index contributed by atoms with van der Waals surface area (Å²) in [7, 11) is 1.47. The highest BCUT2D eigenvalue weighted by molar-refractivity contribution is 6.63. The highest BCUT2D eigenvalue weighted by Crippen LogP contribution is 2.43. The van der Waals surface area contributed by atoms with Crippen molar-refractivity contribution in [1.29, 1.82) is 0 Å². The van der Waals surface area contributed by atoms with Crippen LogP contribution in [0.3, 0.4) is 0 Å². The Kier molecular flexibility index (Phi) is 4.24. The van der Waals surface area contributed by atoms with Crippen LogP contribution in [0.25, 0.3) is 0 Å². The van der Waals surface area contributed by atoms with Crippen molar-refractivity contribution < 1.29 is 17.7 Å². The summed E-state index contributed by atoms with van der Waals surface area (Å²) in [5, 5.41) is -1.64. The van der Waals surface area contributed by atoms with Crippen LogP contribution in [-0.4, -0.2) is 14.1 Å². The van der Waals surface area contributed by atoms with E-state index in [-0.39, 0.29) is 11.1 Å². The van der Waals surface area contributed by atoms with Crippen LogP contribution in [-0.2, 0) is 5.31 Å². The molecule has 1 atom stereocenters. The summed E-state index contributed by atoms with van der Waals surface area (Å²) in [4.78, 5) is 0. The lowest BCUT2D eigenvalue weighted by atomic mass is 9.52. The molecule has 0 unspecified atom stereocenters. The Morgan fingerprint density at radius 1 is 0.905 bits per heavy atom. The summed E-state index contributed by atoms with van der Waals surface area (Å²) in [6.45, 7) is -3.96. The zero-order chi connectivity index (χ0) is 15.7. The van der Waals surface area contributed by atoms with Crippen molar-refractivity contribution in [3.8, 4) is 5.75 Å². The molecule has 0 aliphatic carbocycles. The van der Waals surface area contributed by atoms with E-state index in [4.69, 9.17) is 16.3 Å². The van der Waals surface area contributed by atoms with Crippen LogP contribution in [0.1, 0.15) is 18.1 Å². The van der Waals surface area contributed by atoms with E-state index < -0.39 is 12.3 Å². The Morgan fingerprint density at radius 3 is 1.71 bits per heavy atom. The van der Waals surface area contributed by atoms with E-state index in [1.807, 2.05) is 0 Å². The molecule has 0 fully saturated rings. The fourth-order valence-corrected chi connectivity index (χ4v) is 2.40. The van der Waals surface area contributed by atoms with Crippen LogP contribution in [0.4, 0.5) is 12.9 Å². The van der Waals surface area contributed by atoms with E-state index in [0.29, 0.717) is 10.8 Å². The Labute approximate surface area is 126 Å². The summed E-state index contributed by atoms with van der Waals surface area (Å²) in [5.41, 5.74) is 0.350. The van der Waals surface area contributed by atoms with E-state index in [1.54, 1.807) is 0 Å². The summed E-state index contributed by atoms with van der Waals surface area (Å²) in [6, 6.07) is 11.7. The molecule has 0 amide bonds. The number of methoxy groups -OCH3 is 1. The van der Waals surface area contributed by atoms with E-state index in [1.165, 1.54) is 62.6 Å². The van der Waals surface area contributed by atoms with Gasteiger partial charge in [0.25, 0.3) is 0 Å². The zero-order valence-electron chi connectivity index (χ0n) is 11.6. The van der Waals surface area contributed by atoms with Gasteiger partial charge in [0, 0.05) is 5.02 Å². The molecule has 6 heteroatoms. The number of hydrogen-bond donors (Lipinski definition) is 0. The minimum absolute atomic E-state index is 0.171. The molecule has 0 bridgehead atoms. The first-order valence-corrected chi connectivity index (χ1v) is 6.77. The summed E-state index contributed by atoms with van der Waals surface area (Å²) >= 11 is 5.77. The fourth-order valence-electron chi connectivity index (χ4n) is 2.28. The number of hydrogen-bond acceptors (Lipinski definition) is 1. The Morgan fingerprint density at radius 2 is 1.33 bits per heavy atom. The second kappa shape index (κ2) is 5.64. The molecule has 21 heavy (non-hydrogen) atoms. The van der Waals surface area contributed by atoms with Gasteiger partial charge < -0.3 is 17.7 Å². The number of benzene rings is 2. The lowest BCUT2D eigenvalue weighted by Crippen LogP contribution is -2.45. The molecule has 1 nitrogen and oxygen atoms in total. The molecule has 2 aromatic carbocycles. The molecule has 0 N–H and O–H groups in total. The molecule has 112 valence electrons. The molecule has 0 heterocycles. The number of rotatable bonds is 4. The molecule has 2 aromatic rings. The minimum atomic E-state index is -5.15. The first kappa shape index (κ1) is 15.8. The van der Waals surface area contributed by atoms with Gasteiger partial charge in [0.15, 0.2) is 0 Å². The molecule has 0 aliphatic rings. The van der Waals surface area contributed by atoms with E-state index in [2.05, 4.69) is 0 Å². The maximum absolute atomic E-state index is 13.8. The van der Waals surface area contributed by atoms with Crippen LogP contribution in [0, 0.1) is 0 Å². The van der Waals surface area contributed by atoms with Crippen molar-refractivity contribution in [2.24, 2.45) is 0 Å². The van der Waals surface area contributed by atoms with Gasteiger partial charge in [-0.1, -0.05) is 53.9 Å². The van der Waals surface area contributed by atoms with Gasteiger partial charge in [0.2, 0.25) is 0 Å². The Balaban J connectivity index is 2.58. The first-order chi connectivity index (χ1) is 9.79. The lowest BCUT2D eigenvalue weighted by molar-refractivity contribution is 0.404. The highest BCUT2D eigenvalue weighted by Gasteiger charge is 2.48. The summed E-state index contributed by atoms with van der Waals surface area (Å²) in [5.74, 6) is 0.520. The topological polar surface area (TPSA) is 9.23 Å². The predicted octanol–water partition coefficient (Wildman–Crippen LogP) is 5.04. The average Bonchev–Trinajstić information content (AvgIpc) is 2.46. The van der Waals surface area contributed by atoms with Crippen LogP contribution in [0.5, 0.6) is 5.75 Å². The number of ether oxygens (including phenoxy) is 1. The Bertz CT molecular complexity index is 610. The van der Waals surface area contributed by atoms with Crippen molar-refractivity contribution in [2.75, 3.05) is 7.11 Å². The van der Waals surface area contributed by atoms with Crippen molar-refractivity contribution in [3.63, 3.8) is 0 Å². The van der Waals surface area contributed by atoms with Crippen molar-refractivity contribution in [3.05, 3.63) is 64.7 Å². The van der Waals surface area contributed by atoms with Gasteiger partial charge >= 0.3 is 6.98 Å². The van der Waals surface area contributed by atoms with E-state index in [9.17, 15) is 12.9 Å². The van der Waals surface area contributed by atoms with Crippen molar-refractivity contribution >= 4 is 18.6 Å². The standard InChI is InChI=1S/C15H14BClF3O/c1-15(16(18,19)20,11-3-7-13(17)8-4-11)12-5-9-14(21-2)10-6-12/h3-10H,1-2H3/q-1/t15-/m1/s1. The fraction of sp³-hybridized carbons (Fsp3) is 0.200. The highest BCUT2D eigenvalue weighted by atomic mass is 35.5. The molecule has 0 saturated carbocycles. The molecule has 0 aromatic heterocycles. The molecule has 0 radical (unpaired) electrons. The summed E-state index contributed by atoms with van der Waals surface area (Å²) in [6.07, 6.45) is 0. The monoisotopic (exact) mass is 313 g/mol. The van der Waals surface area contributed by atoms with Crippen LogP contribution < -0.4 is 4.74 Å². The van der Waals surface area contributed by atoms with Gasteiger partial charge in [-0.15, -0.1) is 0 Å². The maximum Gasteiger partial charge on any atom is 0.492 e. The third-order valence-electron chi connectivity index (χ3n) is 3.79. The zero-order valence-corrected chi connectivity index (χ0v) is 12.4. The van der Waals surface area contributed by atoms with Gasteiger partial charge in [-0.05, 0) is 29.6 Å². The van der Waals surface area contributed by atoms with Gasteiger partial charge in [-0.3, -0.25) is 0 Å².